The predicted octanol–water partition coefficient (Wildman–Crippen LogP) is -1.21. The van der Waals surface area contributed by atoms with Crippen LogP contribution in [0.4, 0.5) is 0 Å². The Morgan fingerprint density at radius 3 is 2.89 bits per heavy atom. The first-order valence-corrected chi connectivity index (χ1v) is 2.57. The summed E-state index contributed by atoms with van der Waals surface area (Å²) in [5.41, 5.74) is 4.73. The monoisotopic (exact) mass is 130 g/mol. The van der Waals surface area contributed by atoms with Crippen molar-refractivity contribution in [1.29, 1.82) is 0 Å². The molecule has 0 unspecified atom stereocenters. The SMILES string of the molecule is C=CC(=O)NNCCO. The van der Waals surface area contributed by atoms with Crippen molar-refractivity contribution in [2.45, 2.75) is 0 Å². The maximum absolute atomic E-state index is 10.3. The molecule has 52 valence electrons. The predicted molar refractivity (Wildman–Crippen MR) is 33.4 cm³/mol. The third kappa shape index (κ3) is 4.99. The van der Waals surface area contributed by atoms with Crippen molar-refractivity contribution in [3.63, 3.8) is 0 Å². The second-order valence-corrected chi connectivity index (χ2v) is 1.34. The van der Waals surface area contributed by atoms with Crippen LogP contribution in [0.25, 0.3) is 0 Å². The largest absolute Gasteiger partial charge is 0.395 e. The number of aliphatic hydroxyl groups is 1. The van der Waals surface area contributed by atoms with Gasteiger partial charge in [-0.2, -0.15) is 0 Å². The minimum atomic E-state index is -0.302. The number of hydrazine groups is 1. The maximum Gasteiger partial charge on any atom is 0.257 e. The highest BCUT2D eigenvalue weighted by Gasteiger charge is 1.87. The molecule has 0 aliphatic carbocycles. The van der Waals surface area contributed by atoms with Gasteiger partial charge in [-0.3, -0.25) is 10.2 Å². The average molecular weight is 130 g/mol. The number of aliphatic hydroxyl groups excluding tert-OH is 1. The molecule has 0 aliphatic heterocycles. The lowest BCUT2D eigenvalue weighted by Gasteiger charge is -1.99. The summed E-state index contributed by atoms with van der Waals surface area (Å²) in [4.78, 5) is 10.3. The van der Waals surface area contributed by atoms with E-state index in [1.807, 2.05) is 0 Å². The van der Waals surface area contributed by atoms with Gasteiger partial charge < -0.3 is 5.11 Å². The Bertz CT molecular complexity index is 103. The standard InChI is InChI=1S/C5H10N2O2/c1-2-5(9)7-6-3-4-8/h2,6,8H,1,3-4H2,(H,7,9). The van der Waals surface area contributed by atoms with Crippen LogP contribution >= 0.6 is 0 Å². The van der Waals surface area contributed by atoms with E-state index in [1.54, 1.807) is 0 Å². The van der Waals surface area contributed by atoms with Crippen LogP contribution in [0, 0.1) is 0 Å². The molecular formula is C5H10N2O2. The van der Waals surface area contributed by atoms with E-state index in [0.29, 0.717) is 6.54 Å². The van der Waals surface area contributed by atoms with Crippen molar-refractivity contribution in [3.8, 4) is 0 Å². The summed E-state index contributed by atoms with van der Waals surface area (Å²) in [6.45, 7) is 3.57. The number of carbonyl (C=O) groups excluding carboxylic acids is 1. The van der Waals surface area contributed by atoms with E-state index >= 15 is 0 Å². The highest BCUT2D eigenvalue weighted by molar-refractivity contribution is 5.86. The number of rotatable bonds is 4. The lowest BCUT2D eigenvalue weighted by Crippen LogP contribution is -2.37. The second-order valence-electron chi connectivity index (χ2n) is 1.34. The van der Waals surface area contributed by atoms with Crippen LogP contribution < -0.4 is 10.9 Å². The van der Waals surface area contributed by atoms with E-state index in [2.05, 4.69) is 17.4 Å². The fourth-order valence-corrected chi connectivity index (χ4v) is 0.257. The first-order valence-electron chi connectivity index (χ1n) is 2.57. The van der Waals surface area contributed by atoms with Gasteiger partial charge in [0.15, 0.2) is 0 Å². The van der Waals surface area contributed by atoms with Crippen molar-refractivity contribution in [3.05, 3.63) is 12.7 Å². The summed E-state index contributed by atoms with van der Waals surface area (Å²) in [5, 5.41) is 8.21. The Kier molecular flexibility index (Phi) is 4.76. The molecule has 0 radical (unpaired) electrons. The van der Waals surface area contributed by atoms with Crippen molar-refractivity contribution >= 4 is 5.91 Å². The van der Waals surface area contributed by atoms with Crippen LogP contribution in [-0.2, 0) is 4.79 Å². The average Bonchev–Trinajstić information content (AvgIpc) is 1.89. The minimum Gasteiger partial charge on any atom is -0.395 e. The summed E-state index contributed by atoms with van der Waals surface area (Å²) >= 11 is 0. The van der Waals surface area contributed by atoms with Crippen LogP contribution in [0.2, 0.25) is 0 Å². The smallest absolute Gasteiger partial charge is 0.257 e. The van der Waals surface area contributed by atoms with Crippen molar-refractivity contribution in [1.82, 2.24) is 10.9 Å². The van der Waals surface area contributed by atoms with Crippen LogP contribution in [0.15, 0.2) is 12.7 Å². The highest BCUT2D eigenvalue weighted by Crippen LogP contribution is 1.59. The third-order valence-electron chi connectivity index (χ3n) is 0.634. The van der Waals surface area contributed by atoms with Crippen LogP contribution in [-0.4, -0.2) is 24.2 Å². The van der Waals surface area contributed by atoms with Gasteiger partial charge in [0.2, 0.25) is 0 Å². The number of carbonyl (C=O) groups is 1. The normalized spacial score (nSPS) is 8.56. The topological polar surface area (TPSA) is 61.4 Å². The van der Waals surface area contributed by atoms with Crippen molar-refractivity contribution in [2.24, 2.45) is 0 Å². The number of hydrogen-bond donors (Lipinski definition) is 3. The molecule has 9 heavy (non-hydrogen) atoms. The van der Waals surface area contributed by atoms with Crippen molar-refractivity contribution in [2.75, 3.05) is 13.2 Å². The molecule has 0 spiro atoms. The number of nitrogens with one attached hydrogen (secondary N) is 2. The summed E-state index contributed by atoms with van der Waals surface area (Å²) in [7, 11) is 0. The van der Waals surface area contributed by atoms with Crippen LogP contribution in [0.3, 0.4) is 0 Å². The summed E-state index contributed by atoms with van der Waals surface area (Å²) in [6.07, 6.45) is 1.14. The molecule has 0 heterocycles. The fraction of sp³-hybridized carbons (Fsp3) is 0.400. The summed E-state index contributed by atoms with van der Waals surface area (Å²) in [5.74, 6) is -0.302. The Labute approximate surface area is 53.5 Å². The van der Waals surface area contributed by atoms with Gasteiger partial charge in [0, 0.05) is 6.54 Å². The van der Waals surface area contributed by atoms with E-state index in [0.717, 1.165) is 6.08 Å². The summed E-state index contributed by atoms with van der Waals surface area (Å²) < 4.78 is 0. The van der Waals surface area contributed by atoms with E-state index in [4.69, 9.17) is 5.11 Å². The van der Waals surface area contributed by atoms with E-state index < -0.39 is 0 Å². The Morgan fingerprint density at radius 1 is 1.78 bits per heavy atom. The second kappa shape index (κ2) is 5.27. The van der Waals surface area contributed by atoms with Gasteiger partial charge in [-0.1, -0.05) is 6.58 Å². The van der Waals surface area contributed by atoms with Gasteiger partial charge in [-0.25, -0.2) is 5.43 Å². The molecule has 4 nitrogen and oxygen atoms in total. The molecule has 0 fully saturated rings. The Balaban J connectivity index is 3.07. The molecule has 0 bridgehead atoms. The third-order valence-corrected chi connectivity index (χ3v) is 0.634. The van der Waals surface area contributed by atoms with Gasteiger partial charge >= 0.3 is 0 Å². The van der Waals surface area contributed by atoms with Gasteiger partial charge in [0.05, 0.1) is 6.61 Å². The molecule has 0 atom stereocenters. The highest BCUT2D eigenvalue weighted by atomic mass is 16.3. The molecule has 0 aromatic heterocycles. The lowest BCUT2D eigenvalue weighted by molar-refractivity contribution is -0.117. The zero-order valence-electron chi connectivity index (χ0n) is 5.05. The molecule has 1 amide bonds. The van der Waals surface area contributed by atoms with Gasteiger partial charge in [-0.15, -0.1) is 0 Å². The van der Waals surface area contributed by atoms with E-state index in [1.165, 1.54) is 0 Å². The van der Waals surface area contributed by atoms with Crippen molar-refractivity contribution < 1.29 is 9.90 Å². The minimum absolute atomic E-state index is 0.00256. The molecule has 3 N–H and O–H groups in total. The maximum atomic E-state index is 10.3. The summed E-state index contributed by atoms with van der Waals surface area (Å²) in [6, 6.07) is 0. The zero-order valence-corrected chi connectivity index (χ0v) is 5.05. The van der Waals surface area contributed by atoms with E-state index in [-0.39, 0.29) is 12.5 Å². The fourth-order valence-electron chi connectivity index (χ4n) is 0.257. The Hall–Kier alpha value is -0.870. The molecule has 0 aromatic carbocycles. The molecule has 0 saturated carbocycles. The van der Waals surface area contributed by atoms with Crippen LogP contribution in [0.1, 0.15) is 0 Å². The molecular weight excluding hydrogens is 120 g/mol. The lowest BCUT2D eigenvalue weighted by atomic mass is 10.6. The molecule has 0 aromatic rings. The Morgan fingerprint density at radius 2 is 2.44 bits per heavy atom. The van der Waals surface area contributed by atoms with E-state index in [9.17, 15) is 4.79 Å². The number of amides is 1. The zero-order chi connectivity index (χ0) is 7.11. The first-order chi connectivity index (χ1) is 4.31. The van der Waals surface area contributed by atoms with Crippen LogP contribution in [0.5, 0.6) is 0 Å². The van der Waals surface area contributed by atoms with Gasteiger partial charge in [0.1, 0.15) is 0 Å². The first kappa shape index (κ1) is 8.13. The molecule has 0 aliphatic rings. The number of hydrogen-bond acceptors (Lipinski definition) is 3. The van der Waals surface area contributed by atoms with Gasteiger partial charge in [-0.05, 0) is 6.08 Å². The molecule has 4 heteroatoms. The van der Waals surface area contributed by atoms with Gasteiger partial charge in [0.25, 0.3) is 5.91 Å². The molecule has 0 saturated heterocycles. The quantitative estimate of drug-likeness (QED) is 0.254. The molecule has 0 rings (SSSR count).